The van der Waals surface area contributed by atoms with Crippen molar-refractivity contribution in [1.29, 1.82) is 0 Å². The third-order valence-electron chi connectivity index (χ3n) is 3.24. The average Bonchev–Trinajstić information content (AvgIpc) is 2.40. The zero-order valence-electron chi connectivity index (χ0n) is 11.6. The molecule has 0 aliphatic carbocycles. The molecule has 0 N–H and O–H groups in total. The van der Waals surface area contributed by atoms with E-state index >= 15 is 0 Å². The second-order valence-electron chi connectivity index (χ2n) is 4.89. The van der Waals surface area contributed by atoms with Crippen LogP contribution >= 0.6 is 23.2 Å². The normalized spacial score (nSPS) is 19.0. The Labute approximate surface area is 146 Å². The summed E-state index contributed by atoms with van der Waals surface area (Å²) in [7, 11) is 0. The summed E-state index contributed by atoms with van der Waals surface area (Å²) >= 11 is 8.22. The maximum Gasteiger partial charge on any atom is 0.434 e. The highest BCUT2D eigenvalue weighted by atomic mass is 35.5. The quantitative estimate of drug-likeness (QED) is 0.352. The van der Waals surface area contributed by atoms with Gasteiger partial charge in [0.05, 0.1) is 0 Å². The minimum Gasteiger partial charge on any atom is -0.220 e. The number of alkyl halides is 14. The van der Waals surface area contributed by atoms with E-state index in [2.05, 4.69) is 23.2 Å². The van der Waals surface area contributed by atoms with Gasteiger partial charge in [0.25, 0.3) is 0 Å². The molecule has 0 heterocycles. The number of halogens is 14. The van der Waals surface area contributed by atoms with Crippen molar-refractivity contribution in [2.24, 2.45) is 0 Å². The average molecular weight is 447 g/mol. The molecule has 150 valence electrons. The van der Waals surface area contributed by atoms with E-state index in [1.165, 1.54) is 0 Å². The van der Waals surface area contributed by atoms with Crippen molar-refractivity contribution in [3.8, 4) is 0 Å². The van der Waals surface area contributed by atoms with Crippen LogP contribution in [0.3, 0.4) is 0 Å². The van der Waals surface area contributed by atoms with Crippen molar-refractivity contribution in [1.82, 2.24) is 0 Å². The molecule has 0 aliphatic rings. The van der Waals surface area contributed by atoms with Crippen LogP contribution in [0.1, 0.15) is 11.1 Å². The standard InChI is InChI=1S/C12H4Cl2F12/c13-9(17,18)7(15,11(21,22)23)5-1-2-6(4-3-5)8(16,10(14,19)20)12(24,25)26/h1-4H. The highest BCUT2D eigenvalue weighted by Gasteiger charge is 2.73. The van der Waals surface area contributed by atoms with E-state index in [1.54, 1.807) is 0 Å². The van der Waals surface area contributed by atoms with Crippen LogP contribution in [0.4, 0.5) is 52.7 Å². The number of rotatable bonds is 4. The molecule has 2 unspecified atom stereocenters. The number of benzene rings is 1. The van der Waals surface area contributed by atoms with Gasteiger partial charge in [-0.3, -0.25) is 0 Å². The van der Waals surface area contributed by atoms with Gasteiger partial charge < -0.3 is 0 Å². The molecule has 0 amide bonds. The van der Waals surface area contributed by atoms with E-state index in [-0.39, 0.29) is 24.3 Å². The van der Waals surface area contributed by atoms with Crippen LogP contribution in [0, 0.1) is 0 Å². The Bertz CT molecular complexity index is 550. The third kappa shape index (κ3) is 3.41. The first-order chi connectivity index (χ1) is 11.2. The molecular weight excluding hydrogens is 443 g/mol. The Kier molecular flexibility index (Phi) is 5.53. The molecule has 0 saturated heterocycles. The van der Waals surface area contributed by atoms with Gasteiger partial charge in [-0.2, -0.15) is 43.9 Å². The summed E-state index contributed by atoms with van der Waals surface area (Å²) in [6, 6.07) is -1.55. The molecule has 0 aliphatic heterocycles. The SMILES string of the molecule is FC(F)(F)C(F)(c1ccc(C(F)(C(F)(F)F)C(F)(F)Cl)cc1)C(F)(F)Cl. The summed E-state index contributed by atoms with van der Waals surface area (Å²) in [5.41, 5.74) is -15.3. The van der Waals surface area contributed by atoms with Gasteiger partial charge in [0.15, 0.2) is 0 Å². The zero-order chi connectivity index (χ0) is 21.0. The largest absolute Gasteiger partial charge is 0.434 e. The Morgan fingerprint density at radius 1 is 0.462 bits per heavy atom. The third-order valence-corrected chi connectivity index (χ3v) is 3.76. The second-order valence-corrected chi connectivity index (χ2v) is 5.83. The van der Waals surface area contributed by atoms with Crippen molar-refractivity contribution >= 4 is 23.2 Å². The number of hydrogen-bond acceptors (Lipinski definition) is 0. The van der Waals surface area contributed by atoms with Gasteiger partial charge in [-0.15, -0.1) is 0 Å². The predicted molar refractivity (Wildman–Crippen MR) is 65.7 cm³/mol. The zero-order valence-corrected chi connectivity index (χ0v) is 13.1. The Morgan fingerprint density at radius 2 is 0.654 bits per heavy atom. The number of hydrogen-bond donors (Lipinski definition) is 0. The first kappa shape index (κ1) is 23.0. The first-order valence-corrected chi connectivity index (χ1v) is 6.72. The molecule has 1 aromatic carbocycles. The van der Waals surface area contributed by atoms with Gasteiger partial charge in [-0.1, -0.05) is 24.3 Å². The second kappa shape index (κ2) is 6.25. The lowest BCUT2D eigenvalue weighted by Crippen LogP contribution is -2.51. The highest BCUT2D eigenvalue weighted by Crippen LogP contribution is 2.56. The summed E-state index contributed by atoms with van der Waals surface area (Å²) in [6.45, 7) is 0. The van der Waals surface area contributed by atoms with Crippen molar-refractivity contribution in [2.75, 3.05) is 0 Å². The lowest BCUT2D eigenvalue weighted by Gasteiger charge is -2.33. The van der Waals surface area contributed by atoms with Crippen LogP contribution < -0.4 is 0 Å². The molecule has 0 radical (unpaired) electrons. The van der Waals surface area contributed by atoms with Crippen LogP contribution in [0.15, 0.2) is 24.3 Å². The summed E-state index contributed by atoms with van der Waals surface area (Å²) in [5.74, 6) is 0. The van der Waals surface area contributed by atoms with E-state index in [9.17, 15) is 52.7 Å². The molecule has 0 fully saturated rings. The van der Waals surface area contributed by atoms with E-state index in [1.807, 2.05) is 0 Å². The van der Waals surface area contributed by atoms with Gasteiger partial charge in [0.1, 0.15) is 0 Å². The fraction of sp³-hybridized carbons (Fsp3) is 0.500. The van der Waals surface area contributed by atoms with Crippen LogP contribution in [0.2, 0.25) is 0 Å². The van der Waals surface area contributed by atoms with E-state index in [0.29, 0.717) is 0 Å². The molecule has 0 bridgehead atoms. The summed E-state index contributed by atoms with van der Waals surface area (Å²) in [5, 5.41) is -11.2. The molecule has 1 rings (SSSR count). The van der Waals surface area contributed by atoms with E-state index in [0.717, 1.165) is 0 Å². The van der Waals surface area contributed by atoms with Crippen molar-refractivity contribution < 1.29 is 52.7 Å². The molecule has 0 aromatic heterocycles. The topological polar surface area (TPSA) is 0 Å². The van der Waals surface area contributed by atoms with Crippen LogP contribution in [-0.4, -0.2) is 23.1 Å². The van der Waals surface area contributed by atoms with Gasteiger partial charge >= 0.3 is 34.5 Å². The molecule has 0 saturated carbocycles. The van der Waals surface area contributed by atoms with Gasteiger partial charge in [0.2, 0.25) is 0 Å². The van der Waals surface area contributed by atoms with Crippen LogP contribution in [0.5, 0.6) is 0 Å². The maximum absolute atomic E-state index is 13.9. The first-order valence-electron chi connectivity index (χ1n) is 5.97. The monoisotopic (exact) mass is 446 g/mol. The molecule has 0 spiro atoms. The van der Waals surface area contributed by atoms with Crippen LogP contribution in [0.25, 0.3) is 0 Å². The molecule has 0 nitrogen and oxygen atoms in total. The van der Waals surface area contributed by atoms with Crippen molar-refractivity contribution in [3.05, 3.63) is 35.4 Å². The molecule has 26 heavy (non-hydrogen) atoms. The minimum absolute atomic E-state index is 0.387. The predicted octanol–water partition coefficient (Wildman–Crippen LogP) is 6.80. The molecular formula is C12H4Cl2F12. The van der Waals surface area contributed by atoms with E-state index < -0.39 is 45.6 Å². The van der Waals surface area contributed by atoms with Gasteiger partial charge in [-0.25, -0.2) is 8.78 Å². The molecule has 2 atom stereocenters. The smallest absolute Gasteiger partial charge is 0.220 e. The lowest BCUT2D eigenvalue weighted by molar-refractivity contribution is -0.288. The Morgan fingerprint density at radius 3 is 0.769 bits per heavy atom. The molecule has 14 heteroatoms. The minimum atomic E-state index is -6.35. The van der Waals surface area contributed by atoms with Crippen LogP contribution in [-0.2, 0) is 11.3 Å². The maximum atomic E-state index is 13.9. The van der Waals surface area contributed by atoms with Crippen molar-refractivity contribution in [3.63, 3.8) is 0 Å². The summed E-state index contributed by atoms with van der Waals surface area (Å²) in [6.07, 6.45) is -12.7. The lowest BCUT2D eigenvalue weighted by atomic mass is 9.89. The van der Waals surface area contributed by atoms with E-state index in [4.69, 9.17) is 0 Å². The van der Waals surface area contributed by atoms with Gasteiger partial charge in [-0.05, 0) is 23.2 Å². The Hall–Kier alpha value is -1.04. The molecule has 1 aromatic rings. The fourth-order valence-electron chi connectivity index (χ4n) is 1.91. The van der Waals surface area contributed by atoms with Crippen molar-refractivity contribution in [2.45, 2.75) is 34.5 Å². The summed E-state index contributed by atoms with van der Waals surface area (Å²) in [4.78, 5) is 0. The van der Waals surface area contributed by atoms with Gasteiger partial charge in [0, 0.05) is 11.1 Å². The Balaban J connectivity index is 3.61. The summed E-state index contributed by atoms with van der Waals surface area (Å²) < 4.78 is 156. The highest BCUT2D eigenvalue weighted by molar-refractivity contribution is 6.23. The fourth-order valence-corrected chi connectivity index (χ4v) is 2.34.